The molecule has 0 heterocycles. The largest absolute Gasteiger partial charge is 0.725 e. The Labute approximate surface area is 269 Å². The van der Waals surface area contributed by atoms with Crippen molar-refractivity contribution in [2.45, 2.75) is 213 Å². The molecule has 0 rings (SSSR count). The van der Waals surface area contributed by atoms with Crippen LogP contribution in [0.2, 0.25) is 0 Å². The first-order valence-electron chi connectivity index (χ1n) is 19.2. The molecule has 0 spiro atoms. The topological polar surface area (TPSA) is 55.4 Å². The van der Waals surface area contributed by atoms with Gasteiger partial charge in [0.15, 0.2) is 0 Å². The van der Waals surface area contributed by atoms with Gasteiger partial charge in [-0.2, -0.15) is 0 Å². The second-order valence-corrected chi connectivity index (χ2v) is 12.6. The summed E-state index contributed by atoms with van der Waals surface area (Å²) < 4.78 is 0. The molecular weight excluding hydrogens is 539 g/mol. The van der Waals surface area contributed by atoms with Crippen LogP contribution in [0, 0.1) is 0 Å². The lowest BCUT2D eigenvalue weighted by Gasteiger charge is -2.12. The molecule has 6 nitrogen and oxygen atoms in total. The minimum absolute atomic E-state index is 0.511. The Balaban J connectivity index is 3.90. The molecule has 0 aliphatic rings. The predicted octanol–water partition coefficient (Wildman–Crippen LogP) is 12.6. The highest BCUT2D eigenvalue weighted by Gasteiger charge is 2.27. The third-order valence-electron chi connectivity index (χ3n) is 8.18. The predicted molar refractivity (Wildman–Crippen MR) is 182 cm³/mol. The maximum Gasteiger partial charge on any atom is 0.725 e. The van der Waals surface area contributed by atoms with Gasteiger partial charge < -0.3 is 0 Å². The van der Waals surface area contributed by atoms with Gasteiger partial charge in [-0.15, -0.1) is 0 Å². The molecule has 0 unspecified atom stereocenters. The van der Waals surface area contributed by atoms with Crippen molar-refractivity contribution >= 4 is 7.32 Å². The number of unbranched alkanes of at least 4 members (excludes halogenated alkanes) is 27. The summed E-state index contributed by atoms with van der Waals surface area (Å²) in [7, 11) is -1.13. The van der Waals surface area contributed by atoms with E-state index in [-0.39, 0.29) is 0 Å². The highest BCUT2D eigenvalue weighted by atomic mass is 17.3. The molecule has 0 saturated carbocycles. The highest BCUT2D eigenvalue weighted by Crippen LogP contribution is 2.13. The van der Waals surface area contributed by atoms with E-state index in [0.717, 1.165) is 38.5 Å². The van der Waals surface area contributed by atoms with Gasteiger partial charge in [0.2, 0.25) is 0 Å². The van der Waals surface area contributed by atoms with Crippen LogP contribution in [-0.4, -0.2) is 27.1 Å². The number of rotatable bonds is 39. The molecule has 0 atom stereocenters. The molecule has 0 saturated heterocycles. The molecule has 258 valence electrons. The van der Waals surface area contributed by atoms with Gasteiger partial charge in [0.1, 0.15) is 0 Å². The zero-order valence-electron chi connectivity index (χ0n) is 29.4. The second-order valence-electron chi connectivity index (χ2n) is 12.6. The molecule has 0 aromatic carbocycles. The van der Waals surface area contributed by atoms with Gasteiger partial charge in [0, 0.05) is 0 Å². The fourth-order valence-electron chi connectivity index (χ4n) is 5.30. The van der Waals surface area contributed by atoms with Crippen molar-refractivity contribution in [1.82, 2.24) is 0 Å². The van der Waals surface area contributed by atoms with Crippen molar-refractivity contribution in [2.75, 3.05) is 19.8 Å². The smallest absolute Gasteiger partial charge is 0.247 e. The summed E-state index contributed by atoms with van der Waals surface area (Å²) in [6.07, 6.45) is 38.5. The minimum atomic E-state index is -1.13. The molecule has 0 fully saturated rings. The van der Waals surface area contributed by atoms with Gasteiger partial charge in [-0.25, -0.2) is 29.1 Å². The van der Waals surface area contributed by atoms with Crippen LogP contribution in [0.5, 0.6) is 0 Å². The molecule has 0 bridgehead atoms. The maximum atomic E-state index is 5.37. The quantitative estimate of drug-likeness (QED) is 0.0297. The first-order valence-corrected chi connectivity index (χ1v) is 19.2. The van der Waals surface area contributed by atoms with Crippen molar-refractivity contribution in [3.05, 3.63) is 0 Å². The summed E-state index contributed by atoms with van der Waals surface area (Å²) in [6.45, 7) is 8.34. The molecule has 0 aliphatic carbocycles. The van der Waals surface area contributed by atoms with Gasteiger partial charge in [0.05, 0.1) is 19.8 Å². The van der Waals surface area contributed by atoms with Crippen molar-refractivity contribution in [3.8, 4) is 0 Å². The van der Waals surface area contributed by atoms with Crippen LogP contribution in [0.15, 0.2) is 0 Å². The molecule has 0 aliphatic heterocycles. The van der Waals surface area contributed by atoms with Crippen LogP contribution in [0.4, 0.5) is 0 Å². The second kappa shape index (κ2) is 39.8. The Kier molecular flexibility index (Phi) is 39.7. The fraction of sp³-hybridized carbons (Fsp3) is 1.00. The van der Waals surface area contributed by atoms with E-state index < -0.39 is 7.32 Å². The van der Waals surface area contributed by atoms with Crippen molar-refractivity contribution in [3.63, 3.8) is 0 Å². The summed E-state index contributed by atoms with van der Waals surface area (Å²) >= 11 is 0. The molecule has 0 radical (unpaired) electrons. The molecule has 0 amide bonds. The van der Waals surface area contributed by atoms with E-state index >= 15 is 0 Å². The van der Waals surface area contributed by atoms with E-state index in [1.54, 1.807) is 0 Å². The van der Waals surface area contributed by atoms with Gasteiger partial charge in [-0.1, -0.05) is 194 Å². The Hall–Kier alpha value is -0.175. The zero-order valence-corrected chi connectivity index (χ0v) is 29.4. The van der Waals surface area contributed by atoms with Crippen molar-refractivity contribution < 1.29 is 29.1 Å². The third-order valence-corrected chi connectivity index (χ3v) is 8.18. The van der Waals surface area contributed by atoms with E-state index in [1.165, 1.54) is 154 Å². The molecule has 0 aromatic rings. The summed E-state index contributed by atoms with van der Waals surface area (Å²) in [5.41, 5.74) is 0. The Bertz CT molecular complexity index is 418. The molecular formula is C36H75BO6. The van der Waals surface area contributed by atoms with Crippen molar-refractivity contribution in [1.29, 1.82) is 0 Å². The van der Waals surface area contributed by atoms with Crippen LogP contribution in [0.3, 0.4) is 0 Å². The van der Waals surface area contributed by atoms with Crippen LogP contribution < -0.4 is 0 Å². The Morgan fingerprint density at radius 3 is 0.651 bits per heavy atom. The van der Waals surface area contributed by atoms with Crippen LogP contribution >= 0.6 is 0 Å². The first kappa shape index (κ1) is 42.8. The van der Waals surface area contributed by atoms with Gasteiger partial charge in [-0.05, 0) is 19.3 Å². The lowest BCUT2D eigenvalue weighted by atomic mass is 10.1. The van der Waals surface area contributed by atoms with E-state index in [4.69, 9.17) is 29.1 Å². The van der Waals surface area contributed by atoms with E-state index in [9.17, 15) is 0 Å². The third kappa shape index (κ3) is 37.9. The van der Waals surface area contributed by atoms with Gasteiger partial charge in [-0.3, -0.25) is 0 Å². The van der Waals surface area contributed by atoms with Crippen LogP contribution in [-0.2, 0) is 29.1 Å². The molecule has 43 heavy (non-hydrogen) atoms. The summed E-state index contributed by atoms with van der Waals surface area (Å²) in [4.78, 5) is 32.1. The average molecular weight is 615 g/mol. The summed E-state index contributed by atoms with van der Waals surface area (Å²) in [6, 6.07) is 0. The molecule has 7 heteroatoms. The highest BCUT2D eigenvalue weighted by molar-refractivity contribution is 6.35. The van der Waals surface area contributed by atoms with E-state index in [0.29, 0.717) is 19.8 Å². The van der Waals surface area contributed by atoms with Crippen LogP contribution in [0.25, 0.3) is 0 Å². The number of hydrogen-bond donors (Lipinski definition) is 0. The Morgan fingerprint density at radius 1 is 0.256 bits per heavy atom. The molecule has 0 N–H and O–H groups in total. The normalized spacial score (nSPS) is 11.5. The standard InChI is InChI=1S/C36H75BO6/c1-4-7-10-13-16-19-22-25-28-31-34-38-41-37(42-39-35-32-29-26-23-20-17-14-11-8-5-2)43-40-36-33-30-27-24-21-18-15-12-9-6-3/h4-36H2,1-3H3. The SMILES string of the molecule is CCCCCCCCCCCCOOB(OOCCCCCCCCCCCC)OOCCCCCCCCCCCC. The monoisotopic (exact) mass is 615 g/mol. The van der Waals surface area contributed by atoms with Crippen molar-refractivity contribution in [2.24, 2.45) is 0 Å². The fourth-order valence-corrected chi connectivity index (χ4v) is 5.30. The van der Waals surface area contributed by atoms with E-state index in [2.05, 4.69) is 20.8 Å². The lowest BCUT2D eigenvalue weighted by Crippen LogP contribution is -2.28. The summed E-state index contributed by atoms with van der Waals surface area (Å²) in [5, 5.41) is 0. The lowest BCUT2D eigenvalue weighted by molar-refractivity contribution is -0.348. The zero-order chi connectivity index (χ0) is 31.2. The first-order chi connectivity index (χ1) is 21.3. The van der Waals surface area contributed by atoms with E-state index in [1.807, 2.05) is 0 Å². The summed E-state index contributed by atoms with van der Waals surface area (Å²) in [5.74, 6) is 0. The molecule has 0 aromatic heterocycles. The maximum absolute atomic E-state index is 5.37. The van der Waals surface area contributed by atoms with Gasteiger partial charge >= 0.3 is 7.32 Å². The minimum Gasteiger partial charge on any atom is -0.247 e. The average Bonchev–Trinajstić information content (AvgIpc) is 3.02. The number of hydrogen-bond acceptors (Lipinski definition) is 6. The Morgan fingerprint density at radius 2 is 0.442 bits per heavy atom. The van der Waals surface area contributed by atoms with Gasteiger partial charge in [0.25, 0.3) is 0 Å². The van der Waals surface area contributed by atoms with Crippen LogP contribution in [0.1, 0.15) is 213 Å².